The van der Waals surface area contributed by atoms with Gasteiger partial charge in [0.15, 0.2) is 0 Å². The van der Waals surface area contributed by atoms with Crippen molar-refractivity contribution in [3.8, 4) is 0 Å². The van der Waals surface area contributed by atoms with E-state index in [2.05, 4.69) is 15.5 Å². The first-order valence-corrected chi connectivity index (χ1v) is 7.37. The van der Waals surface area contributed by atoms with Gasteiger partial charge in [0.25, 0.3) is 0 Å². The fourth-order valence-corrected chi connectivity index (χ4v) is 2.34. The van der Waals surface area contributed by atoms with Gasteiger partial charge in [-0.3, -0.25) is 0 Å². The number of hydrogen-bond donors (Lipinski definition) is 1. The van der Waals surface area contributed by atoms with Crippen LogP contribution in [0.15, 0.2) is 29.4 Å². The van der Waals surface area contributed by atoms with Crippen molar-refractivity contribution in [2.24, 2.45) is 7.05 Å². The molecule has 1 heterocycles. The van der Waals surface area contributed by atoms with Gasteiger partial charge < -0.3 is 9.84 Å². The SMILES string of the molecule is Cn1nnnc1SC[C@@H](O)COCc1ccc(Cl)cc1. The first kappa shape index (κ1) is 15.2. The second kappa shape index (κ2) is 7.58. The summed E-state index contributed by atoms with van der Waals surface area (Å²) in [5.74, 6) is 0.481. The van der Waals surface area contributed by atoms with Crippen molar-refractivity contribution >= 4 is 23.4 Å². The maximum atomic E-state index is 9.82. The fourth-order valence-electron chi connectivity index (χ4n) is 1.46. The smallest absolute Gasteiger partial charge is 0.209 e. The molecule has 0 aliphatic carbocycles. The molecule has 0 unspecified atom stereocenters. The summed E-state index contributed by atoms with van der Waals surface area (Å²) in [4.78, 5) is 0. The minimum absolute atomic E-state index is 0.265. The predicted molar refractivity (Wildman–Crippen MR) is 76.6 cm³/mol. The third-order valence-corrected chi connectivity index (χ3v) is 3.89. The van der Waals surface area contributed by atoms with E-state index < -0.39 is 6.10 Å². The topological polar surface area (TPSA) is 73.1 Å². The minimum Gasteiger partial charge on any atom is -0.390 e. The van der Waals surface area contributed by atoms with Crippen LogP contribution in [-0.2, 0) is 18.4 Å². The summed E-state index contributed by atoms with van der Waals surface area (Å²) in [5, 5.41) is 22.2. The number of aliphatic hydroxyl groups excluding tert-OH is 1. The molecule has 1 atom stereocenters. The number of halogens is 1. The Balaban J connectivity index is 1.66. The van der Waals surface area contributed by atoms with Gasteiger partial charge in [0, 0.05) is 17.8 Å². The number of nitrogens with zero attached hydrogens (tertiary/aromatic N) is 4. The number of benzene rings is 1. The third-order valence-electron chi connectivity index (χ3n) is 2.48. The minimum atomic E-state index is -0.566. The van der Waals surface area contributed by atoms with Crippen molar-refractivity contribution in [3.63, 3.8) is 0 Å². The number of thioether (sulfide) groups is 1. The zero-order valence-electron chi connectivity index (χ0n) is 10.9. The average molecular weight is 315 g/mol. The Bertz CT molecular complexity index is 535. The number of hydrogen-bond acceptors (Lipinski definition) is 6. The Morgan fingerprint density at radius 3 is 2.80 bits per heavy atom. The van der Waals surface area contributed by atoms with Gasteiger partial charge in [-0.2, -0.15) is 0 Å². The molecule has 20 heavy (non-hydrogen) atoms. The van der Waals surface area contributed by atoms with Gasteiger partial charge in [0.05, 0.1) is 19.3 Å². The molecule has 0 spiro atoms. The summed E-state index contributed by atoms with van der Waals surface area (Å²) in [6.45, 7) is 0.714. The van der Waals surface area contributed by atoms with Gasteiger partial charge in [-0.25, -0.2) is 4.68 Å². The van der Waals surface area contributed by atoms with Crippen LogP contribution in [0.2, 0.25) is 5.02 Å². The lowest BCUT2D eigenvalue weighted by molar-refractivity contribution is 0.0397. The van der Waals surface area contributed by atoms with E-state index in [0.717, 1.165) is 5.56 Å². The summed E-state index contributed by atoms with van der Waals surface area (Å²) in [6, 6.07) is 7.42. The average Bonchev–Trinajstić information content (AvgIpc) is 2.84. The van der Waals surface area contributed by atoms with Crippen molar-refractivity contribution in [2.75, 3.05) is 12.4 Å². The van der Waals surface area contributed by atoms with Crippen LogP contribution in [0.4, 0.5) is 0 Å². The lowest BCUT2D eigenvalue weighted by atomic mass is 10.2. The zero-order chi connectivity index (χ0) is 14.4. The van der Waals surface area contributed by atoms with Crippen LogP contribution in [0.3, 0.4) is 0 Å². The molecule has 2 aromatic rings. The molecular weight excluding hydrogens is 300 g/mol. The van der Waals surface area contributed by atoms with Crippen LogP contribution in [0, 0.1) is 0 Å². The standard InChI is InChI=1S/C12H15ClN4O2S/c1-17-12(14-15-16-17)20-8-11(18)7-19-6-9-2-4-10(13)5-3-9/h2-5,11,18H,6-8H2,1H3/t11-/m0/s1. The molecule has 0 amide bonds. The molecule has 0 radical (unpaired) electrons. The van der Waals surface area contributed by atoms with E-state index in [1.807, 2.05) is 24.3 Å². The largest absolute Gasteiger partial charge is 0.390 e. The third kappa shape index (κ3) is 4.75. The number of ether oxygens (including phenoxy) is 1. The van der Waals surface area contributed by atoms with Gasteiger partial charge in [0.1, 0.15) is 0 Å². The van der Waals surface area contributed by atoms with E-state index in [1.165, 1.54) is 11.8 Å². The number of tetrazole rings is 1. The quantitative estimate of drug-likeness (QED) is 0.781. The number of aryl methyl sites for hydroxylation is 1. The monoisotopic (exact) mass is 314 g/mol. The fraction of sp³-hybridized carbons (Fsp3) is 0.417. The Morgan fingerprint density at radius 2 is 2.15 bits per heavy atom. The summed E-state index contributed by atoms with van der Waals surface area (Å²) >= 11 is 7.19. The molecule has 0 saturated heterocycles. The van der Waals surface area contributed by atoms with Crippen LogP contribution >= 0.6 is 23.4 Å². The highest BCUT2D eigenvalue weighted by atomic mass is 35.5. The molecule has 0 saturated carbocycles. The Hall–Kier alpha value is -1.15. The second-order valence-corrected chi connectivity index (χ2v) is 5.62. The number of aliphatic hydroxyl groups is 1. The lowest BCUT2D eigenvalue weighted by Crippen LogP contribution is -2.18. The summed E-state index contributed by atoms with van der Waals surface area (Å²) < 4.78 is 7.02. The number of aromatic nitrogens is 4. The number of rotatable bonds is 7. The summed E-state index contributed by atoms with van der Waals surface area (Å²) in [6.07, 6.45) is -0.566. The molecule has 2 rings (SSSR count). The van der Waals surface area contributed by atoms with Gasteiger partial charge >= 0.3 is 0 Å². The molecule has 8 heteroatoms. The molecule has 108 valence electrons. The lowest BCUT2D eigenvalue weighted by Gasteiger charge is -2.10. The van der Waals surface area contributed by atoms with E-state index >= 15 is 0 Å². The van der Waals surface area contributed by atoms with Gasteiger partial charge in [-0.05, 0) is 28.1 Å². The van der Waals surface area contributed by atoms with E-state index in [4.69, 9.17) is 16.3 Å². The first-order chi connectivity index (χ1) is 9.65. The van der Waals surface area contributed by atoms with Gasteiger partial charge in [0.2, 0.25) is 5.16 Å². The van der Waals surface area contributed by atoms with Crippen molar-refractivity contribution in [1.29, 1.82) is 0 Å². The normalized spacial score (nSPS) is 12.6. The maximum Gasteiger partial charge on any atom is 0.209 e. The van der Waals surface area contributed by atoms with Crippen LogP contribution in [0.5, 0.6) is 0 Å². The zero-order valence-corrected chi connectivity index (χ0v) is 12.5. The van der Waals surface area contributed by atoms with Crippen LogP contribution < -0.4 is 0 Å². The van der Waals surface area contributed by atoms with Crippen molar-refractivity contribution in [2.45, 2.75) is 17.9 Å². The molecule has 0 fully saturated rings. The second-order valence-electron chi connectivity index (χ2n) is 4.19. The Morgan fingerprint density at radius 1 is 1.40 bits per heavy atom. The van der Waals surface area contributed by atoms with Gasteiger partial charge in [-0.15, -0.1) is 5.10 Å². The molecule has 0 bridgehead atoms. The maximum absolute atomic E-state index is 9.82. The molecule has 1 aromatic heterocycles. The highest BCUT2D eigenvalue weighted by Gasteiger charge is 2.09. The van der Waals surface area contributed by atoms with Crippen molar-refractivity contribution < 1.29 is 9.84 Å². The van der Waals surface area contributed by atoms with E-state index in [1.54, 1.807) is 11.7 Å². The van der Waals surface area contributed by atoms with Crippen molar-refractivity contribution in [3.05, 3.63) is 34.9 Å². The molecule has 0 aliphatic rings. The first-order valence-electron chi connectivity index (χ1n) is 6.00. The van der Waals surface area contributed by atoms with E-state index in [9.17, 15) is 5.11 Å². The molecule has 1 aromatic carbocycles. The van der Waals surface area contributed by atoms with Crippen LogP contribution in [-0.4, -0.2) is 43.8 Å². The van der Waals surface area contributed by atoms with E-state index in [-0.39, 0.29) is 6.61 Å². The van der Waals surface area contributed by atoms with E-state index in [0.29, 0.717) is 22.5 Å². The summed E-state index contributed by atoms with van der Waals surface area (Å²) in [5.41, 5.74) is 1.02. The highest BCUT2D eigenvalue weighted by Crippen LogP contribution is 2.14. The van der Waals surface area contributed by atoms with Crippen LogP contribution in [0.25, 0.3) is 0 Å². The van der Waals surface area contributed by atoms with Gasteiger partial charge in [-0.1, -0.05) is 35.5 Å². The van der Waals surface area contributed by atoms with Crippen LogP contribution in [0.1, 0.15) is 5.56 Å². The molecule has 6 nitrogen and oxygen atoms in total. The summed E-state index contributed by atoms with van der Waals surface area (Å²) in [7, 11) is 1.76. The molecule has 0 aliphatic heterocycles. The predicted octanol–water partition coefficient (Wildman–Crippen LogP) is 1.53. The highest BCUT2D eigenvalue weighted by molar-refractivity contribution is 7.99. The Labute approximate surface area is 126 Å². The van der Waals surface area contributed by atoms with Crippen molar-refractivity contribution in [1.82, 2.24) is 20.2 Å². The molecule has 1 N–H and O–H groups in total. The Kier molecular flexibility index (Phi) is 5.78. The molecular formula is C12H15ClN4O2S.